The van der Waals surface area contributed by atoms with Crippen LogP contribution in [0, 0.1) is 6.92 Å². The molecule has 5 rings (SSSR count). The molecule has 1 aliphatic rings. The standard InChI is InChI=1S/C23H17F6N.C6H6N2O2S/c1-12-15(10-19-18-5-3-2-4-14(18)9-20(19)21(12)30)6-13-7-16(22(24,25)26)11-17(8-13)23(27,28)29;1-11-6-7-2-4(3-8-6)5(9)10/h2-5,7-8,10-11H,6,9,30H2,1H3;2-3H,1H3,(H,9,10). The number of rotatable bonds is 4. The molecule has 0 unspecified atom stereocenters. The van der Waals surface area contributed by atoms with Crippen LogP contribution in [0.5, 0.6) is 0 Å². The van der Waals surface area contributed by atoms with E-state index in [1.165, 1.54) is 24.2 Å². The number of carboxylic acid groups (broad SMARTS) is 1. The predicted octanol–water partition coefficient (Wildman–Crippen LogP) is 7.67. The molecule has 4 aromatic rings. The van der Waals surface area contributed by atoms with E-state index in [1.807, 2.05) is 36.6 Å². The van der Waals surface area contributed by atoms with Gasteiger partial charge in [0.25, 0.3) is 0 Å². The van der Waals surface area contributed by atoms with Gasteiger partial charge in [0.1, 0.15) is 0 Å². The highest BCUT2D eigenvalue weighted by molar-refractivity contribution is 7.98. The fraction of sp³-hybridized carbons (Fsp3) is 0.207. The SMILES string of the molecule is CSc1ncc(C(=O)O)cn1.Cc1c(Cc2cc(C(F)(F)F)cc(C(F)(F)F)c2)cc2c(c1N)Cc1ccccc1-2. The molecule has 214 valence electrons. The zero-order valence-corrected chi connectivity index (χ0v) is 22.5. The summed E-state index contributed by atoms with van der Waals surface area (Å²) in [5, 5.41) is 9.04. The second-order valence-electron chi connectivity index (χ2n) is 9.29. The lowest BCUT2D eigenvalue weighted by atomic mass is 9.91. The second kappa shape index (κ2) is 11.4. The first-order valence-electron chi connectivity index (χ1n) is 12.1. The van der Waals surface area contributed by atoms with Gasteiger partial charge in [-0.3, -0.25) is 0 Å². The quantitative estimate of drug-likeness (QED) is 0.0965. The third-order valence-corrected chi connectivity index (χ3v) is 7.20. The third kappa shape index (κ3) is 6.64. The molecular weight excluding hydrogens is 568 g/mol. The van der Waals surface area contributed by atoms with Crippen molar-refractivity contribution in [1.82, 2.24) is 9.97 Å². The lowest BCUT2D eigenvalue weighted by Crippen LogP contribution is -2.12. The molecule has 0 bridgehead atoms. The molecule has 0 fully saturated rings. The number of hydrogen-bond donors (Lipinski definition) is 2. The molecule has 1 aliphatic carbocycles. The number of anilines is 1. The number of nitrogens with two attached hydrogens (primary N) is 1. The number of fused-ring (bicyclic) bond motifs is 3. The maximum atomic E-state index is 13.2. The molecule has 41 heavy (non-hydrogen) atoms. The van der Waals surface area contributed by atoms with E-state index in [2.05, 4.69) is 9.97 Å². The Morgan fingerprint density at radius 2 is 1.54 bits per heavy atom. The van der Waals surface area contributed by atoms with Crippen LogP contribution in [0.1, 0.15) is 49.3 Å². The lowest BCUT2D eigenvalue weighted by molar-refractivity contribution is -0.143. The number of nitrogen functional groups attached to an aromatic ring is 1. The van der Waals surface area contributed by atoms with E-state index in [0.717, 1.165) is 34.4 Å². The zero-order valence-electron chi connectivity index (χ0n) is 21.7. The Labute approximate surface area is 235 Å². The van der Waals surface area contributed by atoms with Crippen LogP contribution < -0.4 is 5.73 Å². The highest BCUT2D eigenvalue weighted by Gasteiger charge is 2.37. The number of carbonyl (C=O) groups is 1. The summed E-state index contributed by atoms with van der Waals surface area (Å²) in [5.74, 6) is -1.00. The van der Waals surface area contributed by atoms with Crippen molar-refractivity contribution >= 4 is 23.4 Å². The number of alkyl halides is 6. The van der Waals surface area contributed by atoms with Crippen molar-refractivity contribution in [3.63, 3.8) is 0 Å². The molecule has 0 spiro atoms. The maximum absolute atomic E-state index is 13.2. The highest BCUT2D eigenvalue weighted by atomic mass is 32.2. The van der Waals surface area contributed by atoms with Gasteiger partial charge in [-0.2, -0.15) is 26.3 Å². The van der Waals surface area contributed by atoms with Crippen LogP contribution in [-0.2, 0) is 25.2 Å². The summed E-state index contributed by atoms with van der Waals surface area (Å²) in [6.07, 6.45) is -4.77. The Balaban J connectivity index is 0.000000296. The fourth-order valence-corrected chi connectivity index (χ4v) is 4.85. The number of benzene rings is 3. The Hall–Kier alpha value is -4.06. The van der Waals surface area contributed by atoms with Gasteiger partial charge in [0, 0.05) is 24.5 Å². The molecule has 0 amide bonds. The first-order chi connectivity index (χ1) is 19.2. The van der Waals surface area contributed by atoms with E-state index < -0.39 is 29.4 Å². The molecule has 1 aromatic heterocycles. The van der Waals surface area contributed by atoms with Crippen LogP contribution in [0.4, 0.5) is 32.0 Å². The summed E-state index contributed by atoms with van der Waals surface area (Å²) < 4.78 is 79.1. The molecular formula is C29H23F6N3O2S. The Morgan fingerprint density at radius 3 is 2.07 bits per heavy atom. The normalized spacial score (nSPS) is 12.3. The van der Waals surface area contributed by atoms with Gasteiger partial charge in [-0.15, -0.1) is 0 Å². The Bertz CT molecular complexity index is 1570. The van der Waals surface area contributed by atoms with Crippen LogP contribution in [0.25, 0.3) is 11.1 Å². The summed E-state index contributed by atoms with van der Waals surface area (Å²) >= 11 is 1.37. The molecule has 1 heterocycles. The van der Waals surface area contributed by atoms with Crippen LogP contribution in [0.2, 0.25) is 0 Å². The van der Waals surface area contributed by atoms with E-state index in [4.69, 9.17) is 10.8 Å². The molecule has 5 nitrogen and oxygen atoms in total. The largest absolute Gasteiger partial charge is 0.478 e. The monoisotopic (exact) mass is 591 g/mol. The number of nitrogens with zero attached hydrogens (tertiary/aromatic N) is 2. The maximum Gasteiger partial charge on any atom is 0.416 e. The molecule has 12 heteroatoms. The number of aromatic nitrogens is 2. The van der Waals surface area contributed by atoms with Crippen molar-refractivity contribution in [1.29, 1.82) is 0 Å². The van der Waals surface area contributed by atoms with Gasteiger partial charge in [0.2, 0.25) is 0 Å². The van der Waals surface area contributed by atoms with Gasteiger partial charge in [-0.05, 0) is 76.7 Å². The molecule has 3 aromatic carbocycles. The van der Waals surface area contributed by atoms with Crippen LogP contribution in [0.3, 0.4) is 0 Å². The average molecular weight is 592 g/mol. The topological polar surface area (TPSA) is 89.1 Å². The molecule has 3 N–H and O–H groups in total. The van der Waals surface area contributed by atoms with Gasteiger partial charge in [-0.25, -0.2) is 14.8 Å². The zero-order chi connectivity index (χ0) is 30.1. The van der Waals surface area contributed by atoms with Crippen LogP contribution >= 0.6 is 11.8 Å². The number of carboxylic acids is 1. The minimum absolute atomic E-state index is 0.0640. The Kier molecular flexibility index (Phi) is 8.34. The Morgan fingerprint density at radius 1 is 0.951 bits per heavy atom. The van der Waals surface area contributed by atoms with Gasteiger partial charge in [0.05, 0.1) is 16.7 Å². The first-order valence-corrected chi connectivity index (χ1v) is 13.3. The third-order valence-electron chi connectivity index (χ3n) is 6.63. The van der Waals surface area contributed by atoms with Crippen molar-refractivity contribution in [2.45, 2.75) is 37.3 Å². The van der Waals surface area contributed by atoms with E-state index in [1.54, 1.807) is 6.92 Å². The molecule has 0 radical (unpaired) electrons. The van der Waals surface area contributed by atoms with Crippen molar-refractivity contribution < 1.29 is 36.2 Å². The number of halogens is 6. The van der Waals surface area contributed by atoms with Crippen molar-refractivity contribution in [3.05, 3.63) is 105 Å². The van der Waals surface area contributed by atoms with E-state index in [9.17, 15) is 31.1 Å². The molecule has 0 atom stereocenters. The summed E-state index contributed by atoms with van der Waals surface area (Å²) in [4.78, 5) is 17.9. The summed E-state index contributed by atoms with van der Waals surface area (Å²) in [6.45, 7) is 1.74. The number of aromatic carboxylic acids is 1. The van der Waals surface area contributed by atoms with Gasteiger partial charge >= 0.3 is 18.3 Å². The highest BCUT2D eigenvalue weighted by Crippen LogP contribution is 2.43. The van der Waals surface area contributed by atoms with Crippen molar-refractivity contribution in [3.8, 4) is 11.1 Å². The summed E-state index contributed by atoms with van der Waals surface area (Å²) in [5.41, 5.74) is 9.44. The van der Waals surface area contributed by atoms with E-state index in [-0.39, 0.29) is 23.6 Å². The van der Waals surface area contributed by atoms with Gasteiger partial charge in [-0.1, -0.05) is 42.1 Å². The van der Waals surface area contributed by atoms with Crippen LogP contribution in [0.15, 0.2) is 66.1 Å². The van der Waals surface area contributed by atoms with E-state index in [0.29, 0.717) is 28.4 Å². The minimum atomic E-state index is -4.87. The average Bonchev–Trinajstić information content (AvgIpc) is 3.29. The summed E-state index contributed by atoms with van der Waals surface area (Å²) in [6, 6.07) is 11.2. The van der Waals surface area contributed by atoms with Crippen molar-refractivity contribution in [2.24, 2.45) is 0 Å². The van der Waals surface area contributed by atoms with E-state index >= 15 is 0 Å². The lowest BCUT2D eigenvalue weighted by Gasteiger charge is -2.17. The number of thioether (sulfide) groups is 1. The number of hydrogen-bond acceptors (Lipinski definition) is 5. The predicted molar refractivity (Wildman–Crippen MR) is 144 cm³/mol. The molecule has 0 saturated heterocycles. The van der Waals surface area contributed by atoms with Crippen LogP contribution in [-0.4, -0.2) is 27.3 Å². The molecule has 0 saturated carbocycles. The molecule has 0 aliphatic heterocycles. The second-order valence-corrected chi connectivity index (χ2v) is 10.1. The first kappa shape index (κ1) is 29.9. The minimum Gasteiger partial charge on any atom is -0.478 e. The van der Waals surface area contributed by atoms with Crippen molar-refractivity contribution in [2.75, 3.05) is 12.0 Å². The smallest absolute Gasteiger partial charge is 0.416 e. The van der Waals surface area contributed by atoms with Gasteiger partial charge < -0.3 is 10.8 Å². The van der Waals surface area contributed by atoms with Gasteiger partial charge in [0.15, 0.2) is 5.16 Å². The summed E-state index contributed by atoms with van der Waals surface area (Å²) in [7, 11) is 0. The fourth-order valence-electron chi connectivity index (χ4n) is 4.53.